The van der Waals surface area contributed by atoms with Crippen LogP contribution in [-0.2, 0) is 18.6 Å². The fourth-order valence-electron chi connectivity index (χ4n) is 3.49. The van der Waals surface area contributed by atoms with Crippen LogP contribution in [0.1, 0.15) is 28.9 Å². The summed E-state index contributed by atoms with van der Waals surface area (Å²) in [6.45, 7) is 2.62. The van der Waals surface area contributed by atoms with Gasteiger partial charge in [-0.25, -0.2) is 4.39 Å². The van der Waals surface area contributed by atoms with Crippen LogP contribution < -0.4 is 4.74 Å². The van der Waals surface area contributed by atoms with Gasteiger partial charge in [-0.2, -0.15) is 5.10 Å². The smallest absolute Gasteiger partial charge is 0.143 e. The third-order valence-corrected chi connectivity index (χ3v) is 4.61. The second kappa shape index (κ2) is 3.84. The number of fused-ring (bicyclic) bond motifs is 3. The molecular formula is C16H17FN2O. The minimum absolute atomic E-state index is 0.205. The van der Waals surface area contributed by atoms with Gasteiger partial charge in [-0.3, -0.25) is 4.68 Å². The molecule has 0 N–H and O–H groups in total. The molecule has 1 saturated carbocycles. The number of alkyl halides is 1. The van der Waals surface area contributed by atoms with E-state index in [-0.39, 0.29) is 5.92 Å². The Morgan fingerprint density at radius 1 is 1.40 bits per heavy atom. The molecular weight excluding hydrogens is 255 g/mol. The van der Waals surface area contributed by atoms with Crippen molar-refractivity contribution in [1.82, 2.24) is 9.78 Å². The Morgan fingerprint density at radius 3 is 2.85 bits per heavy atom. The number of ether oxygens (including phenoxy) is 1. The van der Waals surface area contributed by atoms with E-state index in [0.717, 1.165) is 34.7 Å². The third kappa shape index (κ3) is 1.54. The fourth-order valence-corrected chi connectivity index (χ4v) is 3.49. The minimum Gasteiger partial charge on any atom is -0.497 e. The lowest BCUT2D eigenvalue weighted by molar-refractivity contribution is 0.300. The van der Waals surface area contributed by atoms with Crippen LogP contribution in [0.2, 0.25) is 0 Å². The van der Waals surface area contributed by atoms with E-state index in [9.17, 15) is 4.39 Å². The molecule has 3 nitrogen and oxygen atoms in total. The molecule has 0 bridgehead atoms. The van der Waals surface area contributed by atoms with E-state index in [2.05, 4.69) is 5.10 Å². The first-order chi connectivity index (χ1) is 9.61. The van der Waals surface area contributed by atoms with Crippen LogP contribution in [0.25, 0.3) is 0 Å². The zero-order valence-electron chi connectivity index (χ0n) is 11.7. The van der Waals surface area contributed by atoms with Gasteiger partial charge in [0, 0.05) is 17.2 Å². The van der Waals surface area contributed by atoms with Gasteiger partial charge >= 0.3 is 0 Å². The van der Waals surface area contributed by atoms with E-state index in [1.807, 2.05) is 35.9 Å². The maximum absolute atomic E-state index is 14.5. The molecule has 0 amide bonds. The summed E-state index contributed by atoms with van der Waals surface area (Å²) in [4.78, 5) is 0. The Bertz CT molecular complexity index is 677. The summed E-state index contributed by atoms with van der Waals surface area (Å²) in [7, 11) is 1.66. The van der Waals surface area contributed by atoms with Crippen LogP contribution in [0.3, 0.4) is 0 Å². The van der Waals surface area contributed by atoms with Crippen molar-refractivity contribution in [3.05, 3.63) is 46.8 Å². The number of aryl methyl sites for hydroxylation is 1. The molecule has 1 heterocycles. The molecule has 0 radical (unpaired) electrons. The second-order valence-electron chi connectivity index (χ2n) is 5.88. The molecule has 1 fully saturated rings. The van der Waals surface area contributed by atoms with Crippen LogP contribution in [0.4, 0.5) is 4.39 Å². The van der Waals surface area contributed by atoms with Gasteiger partial charge in [0.2, 0.25) is 0 Å². The lowest BCUT2D eigenvalue weighted by Gasteiger charge is -2.07. The molecule has 2 aromatic rings. The molecule has 104 valence electrons. The number of aromatic nitrogens is 2. The summed E-state index contributed by atoms with van der Waals surface area (Å²) in [5.74, 6) is 1.05. The fraction of sp³-hybridized carbons (Fsp3) is 0.438. The number of benzene rings is 1. The van der Waals surface area contributed by atoms with Crippen LogP contribution in [0, 0.1) is 12.8 Å². The first-order valence-corrected chi connectivity index (χ1v) is 7.00. The summed E-state index contributed by atoms with van der Waals surface area (Å²) in [5.41, 5.74) is 2.92. The molecule has 4 rings (SSSR count). The van der Waals surface area contributed by atoms with E-state index in [0.29, 0.717) is 13.0 Å². The summed E-state index contributed by atoms with van der Waals surface area (Å²) < 4.78 is 21.7. The van der Waals surface area contributed by atoms with Crippen molar-refractivity contribution in [1.29, 1.82) is 0 Å². The molecule has 4 heteroatoms. The molecule has 1 aromatic carbocycles. The standard InChI is InChI=1S/C16H17FN2O/c1-10-15-14(7-12-8-16(12,15)17)19(18-10)9-11-3-5-13(20-2)6-4-11/h3-6,12H,7-9H2,1-2H3. The zero-order valence-corrected chi connectivity index (χ0v) is 11.7. The van der Waals surface area contributed by atoms with E-state index >= 15 is 0 Å². The van der Waals surface area contributed by atoms with Gasteiger partial charge in [0.05, 0.1) is 19.3 Å². The maximum atomic E-state index is 14.5. The van der Waals surface area contributed by atoms with Crippen molar-refractivity contribution < 1.29 is 9.13 Å². The van der Waals surface area contributed by atoms with Gasteiger partial charge in [0.1, 0.15) is 11.4 Å². The maximum Gasteiger partial charge on any atom is 0.143 e. The first-order valence-electron chi connectivity index (χ1n) is 7.00. The number of methoxy groups -OCH3 is 1. The number of rotatable bonds is 3. The van der Waals surface area contributed by atoms with Crippen LogP contribution in [0.5, 0.6) is 5.75 Å². The predicted octanol–water partition coefficient (Wildman–Crippen LogP) is 2.99. The average Bonchev–Trinajstić information content (AvgIpc) is 2.83. The molecule has 20 heavy (non-hydrogen) atoms. The van der Waals surface area contributed by atoms with Crippen molar-refractivity contribution in [2.45, 2.75) is 32.0 Å². The Kier molecular flexibility index (Phi) is 2.29. The van der Waals surface area contributed by atoms with Crippen molar-refractivity contribution in [2.75, 3.05) is 7.11 Å². The highest BCUT2D eigenvalue weighted by Gasteiger charge is 2.63. The quantitative estimate of drug-likeness (QED) is 0.859. The molecule has 2 unspecified atom stereocenters. The largest absolute Gasteiger partial charge is 0.497 e. The van der Waals surface area contributed by atoms with Gasteiger partial charge < -0.3 is 4.74 Å². The van der Waals surface area contributed by atoms with Crippen molar-refractivity contribution in [3.63, 3.8) is 0 Å². The number of halogens is 1. The highest BCUT2D eigenvalue weighted by molar-refractivity contribution is 5.44. The zero-order chi connectivity index (χ0) is 13.9. The third-order valence-electron chi connectivity index (χ3n) is 4.61. The lowest BCUT2D eigenvalue weighted by atomic mass is 10.1. The molecule has 0 aliphatic heterocycles. The Balaban J connectivity index is 1.65. The number of nitrogens with zero attached hydrogens (tertiary/aromatic N) is 2. The Morgan fingerprint density at radius 2 is 2.15 bits per heavy atom. The highest BCUT2D eigenvalue weighted by Crippen LogP contribution is 2.63. The topological polar surface area (TPSA) is 27.1 Å². The van der Waals surface area contributed by atoms with Gasteiger partial charge in [0.15, 0.2) is 0 Å². The molecule has 2 atom stereocenters. The normalized spacial score (nSPS) is 26.2. The second-order valence-corrected chi connectivity index (χ2v) is 5.88. The molecule has 1 aromatic heterocycles. The van der Waals surface area contributed by atoms with E-state index in [1.165, 1.54) is 0 Å². The molecule has 0 spiro atoms. The lowest BCUT2D eigenvalue weighted by Crippen LogP contribution is -2.06. The van der Waals surface area contributed by atoms with Gasteiger partial charge in [-0.05, 0) is 37.5 Å². The van der Waals surface area contributed by atoms with E-state index in [1.54, 1.807) is 7.11 Å². The highest BCUT2D eigenvalue weighted by atomic mass is 19.1. The van der Waals surface area contributed by atoms with Gasteiger partial charge in [-0.15, -0.1) is 0 Å². The van der Waals surface area contributed by atoms with E-state index in [4.69, 9.17) is 4.74 Å². The van der Waals surface area contributed by atoms with Crippen molar-refractivity contribution >= 4 is 0 Å². The summed E-state index contributed by atoms with van der Waals surface area (Å²) in [6, 6.07) is 7.95. The summed E-state index contributed by atoms with van der Waals surface area (Å²) in [6.07, 6.45) is 1.53. The Labute approximate surface area is 117 Å². The SMILES string of the molecule is COc1ccc(Cn2nc(C)c3c2CC2CC32F)cc1. The predicted molar refractivity (Wildman–Crippen MR) is 73.7 cm³/mol. The van der Waals surface area contributed by atoms with Crippen LogP contribution in [0.15, 0.2) is 24.3 Å². The Hall–Kier alpha value is -1.84. The number of hydrogen-bond acceptors (Lipinski definition) is 2. The van der Waals surface area contributed by atoms with Crippen molar-refractivity contribution in [3.8, 4) is 5.75 Å². The van der Waals surface area contributed by atoms with E-state index < -0.39 is 5.67 Å². The van der Waals surface area contributed by atoms with Gasteiger partial charge in [-0.1, -0.05) is 12.1 Å². The van der Waals surface area contributed by atoms with Crippen LogP contribution >= 0.6 is 0 Å². The van der Waals surface area contributed by atoms with Gasteiger partial charge in [0.25, 0.3) is 0 Å². The molecule has 2 aliphatic rings. The summed E-state index contributed by atoms with van der Waals surface area (Å²) in [5, 5.41) is 4.54. The molecule has 2 aliphatic carbocycles. The monoisotopic (exact) mass is 272 g/mol. The summed E-state index contributed by atoms with van der Waals surface area (Å²) >= 11 is 0. The van der Waals surface area contributed by atoms with Crippen LogP contribution in [-0.4, -0.2) is 16.9 Å². The minimum atomic E-state index is -1.06. The molecule has 0 saturated heterocycles. The average molecular weight is 272 g/mol. The first kappa shape index (κ1) is 11.9. The number of hydrogen-bond donors (Lipinski definition) is 0. The van der Waals surface area contributed by atoms with Crippen molar-refractivity contribution in [2.24, 2.45) is 5.92 Å².